The number of hydrogen-bond acceptors (Lipinski definition) is 6. The van der Waals surface area contributed by atoms with Crippen molar-refractivity contribution >= 4 is 34.5 Å². The molecule has 0 N–H and O–H groups in total. The molecular formula is C26H26N2O4. The van der Waals surface area contributed by atoms with E-state index in [0.29, 0.717) is 5.75 Å². The van der Waals surface area contributed by atoms with Crippen molar-refractivity contribution in [1.82, 2.24) is 0 Å². The molecule has 2 aliphatic heterocycles. The molecule has 0 aliphatic carbocycles. The van der Waals surface area contributed by atoms with E-state index in [1.54, 1.807) is 6.21 Å². The Morgan fingerprint density at radius 1 is 1.28 bits per heavy atom. The zero-order valence-electron chi connectivity index (χ0n) is 18.7. The van der Waals surface area contributed by atoms with Crippen LogP contribution in [0.2, 0.25) is 0 Å². The van der Waals surface area contributed by atoms with Gasteiger partial charge in [0, 0.05) is 11.1 Å². The molecule has 6 heteroatoms. The Labute approximate surface area is 187 Å². The van der Waals surface area contributed by atoms with Crippen LogP contribution in [0.3, 0.4) is 0 Å². The minimum atomic E-state index is -1.08. The van der Waals surface area contributed by atoms with E-state index < -0.39 is 11.1 Å². The number of benzene rings is 2. The van der Waals surface area contributed by atoms with E-state index >= 15 is 0 Å². The lowest BCUT2D eigenvalue weighted by Gasteiger charge is -2.46. The van der Waals surface area contributed by atoms with Crippen LogP contribution in [-0.4, -0.2) is 30.6 Å². The topological polar surface area (TPSA) is 64.3 Å². The van der Waals surface area contributed by atoms with Crippen molar-refractivity contribution < 1.29 is 18.7 Å². The van der Waals surface area contributed by atoms with E-state index in [1.165, 1.54) is 0 Å². The van der Waals surface area contributed by atoms with Gasteiger partial charge in [-0.25, -0.2) is 0 Å². The third-order valence-electron chi connectivity index (χ3n) is 6.35. The highest BCUT2D eigenvalue weighted by atomic mass is 16.5. The van der Waals surface area contributed by atoms with Crippen LogP contribution in [0, 0.1) is 6.92 Å². The van der Waals surface area contributed by atoms with Crippen molar-refractivity contribution in [3.05, 3.63) is 66.4 Å². The number of aliphatic imine (C=N–C) groups is 1. The number of nitrogens with zero attached hydrogens (tertiary/aromatic N) is 2. The van der Waals surface area contributed by atoms with Gasteiger partial charge in [0.05, 0.1) is 17.7 Å². The fourth-order valence-corrected chi connectivity index (χ4v) is 4.82. The van der Waals surface area contributed by atoms with Crippen molar-refractivity contribution in [2.75, 3.05) is 11.4 Å². The highest BCUT2D eigenvalue weighted by Gasteiger charge is 2.61. The number of fused-ring (bicyclic) bond motifs is 4. The van der Waals surface area contributed by atoms with Gasteiger partial charge in [0.15, 0.2) is 0 Å². The summed E-state index contributed by atoms with van der Waals surface area (Å²) in [4.78, 5) is 19.6. The number of esters is 1. The lowest BCUT2D eigenvalue weighted by atomic mass is 9.75. The summed E-state index contributed by atoms with van der Waals surface area (Å²) >= 11 is 0. The van der Waals surface area contributed by atoms with Crippen molar-refractivity contribution in [2.45, 2.75) is 44.9 Å². The van der Waals surface area contributed by atoms with Gasteiger partial charge in [0.2, 0.25) is 5.72 Å². The van der Waals surface area contributed by atoms with Crippen LogP contribution >= 0.6 is 0 Å². The quantitative estimate of drug-likeness (QED) is 0.407. The number of carbonyl (C=O) groups excluding carboxylic acids is 1. The minimum absolute atomic E-state index is 0.0209. The molecule has 0 bridgehead atoms. The van der Waals surface area contributed by atoms with Crippen molar-refractivity contribution in [3.8, 4) is 5.75 Å². The molecule has 2 unspecified atom stereocenters. The maximum atomic E-state index is 12.8. The van der Waals surface area contributed by atoms with Gasteiger partial charge in [-0.3, -0.25) is 9.79 Å². The second-order valence-corrected chi connectivity index (χ2v) is 8.79. The lowest BCUT2D eigenvalue weighted by Crippen LogP contribution is -2.63. The van der Waals surface area contributed by atoms with Crippen LogP contribution in [0.4, 0.5) is 11.4 Å². The maximum Gasteiger partial charge on any atom is 0.325 e. The van der Waals surface area contributed by atoms with Crippen LogP contribution < -0.4 is 9.64 Å². The number of aryl methyl sites for hydroxylation is 1. The Morgan fingerprint density at radius 2 is 2.06 bits per heavy atom. The Bertz CT molecular complexity index is 1270. The normalized spacial score (nSPS) is 23.3. The average molecular weight is 431 g/mol. The third-order valence-corrected chi connectivity index (χ3v) is 6.35. The smallest absolute Gasteiger partial charge is 0.325 e. The molecule has 0 saturated heterocycles. The van der Waals surface area contributed by atoms with Crippen molar-refractivity contribution in [1.29, 1.82) is 0 Å². The Kier molecular flexibility index (Phi) is 4.45. The Balaban J connectivity index is 1.68. The van der Waals surface area contributed by atoms with Crippen molar-refractivity contribution in [3.63, 3.8) is 0 Å². The summed E-state index contributed by atoms with van der Waals surface area (Å²) in [5.74, 6) is 1.11. The first-order chi connectivity index (χ1) is 15.3. The predicted octanol–water partition coefficient (Wildman–Crippen LogP) is 5.45. The van der Waals surface area contributed by atoms with Gasteiger partial charge in [0.1, 0.15) is 29.3 Å². The van der Waals surface area contributed by atoms with E-state index in [1.807, 2.05) is 74.2 Å². The molecule has 2 aliphatic rings. The number of ether oxygens (including phenoxy) is 2. The zero-order chi connectivity index (χ0) is 22.7. The molecular weight excluding hydrogens is 404 g/mol. The lowest BCUT2D eigenvalue weighted by molar-refractivity contribution is -0.146. The Hall–Kier alpha value is -3.54. The Morgan fingerprint density at radius 3 is 2.81 bits per heavy atom. The van der Waals surface area contributed by atoms with Crippen LogP contribution in [0.5, 0.6) is 5.75 Å². The fraction of sp³-hybridized carbons (Fsp3) is 0.308. The van der Waals surface area contributed by atoms with E-state index in [2.05, 4.69) is 13.5 Å². The summed E-state index contributed by atoms with van der Waals surface area (Å²) in [6.07, 6.45) is 3.46. The number of anilines is 1. The first-order valence-corrected chi connectivity index (χ1v) is 10.8. The molecule has 1 aromatic heterocycles. The van der Waals surface area contributed by atoms with E-state index in [9.17, 15) is 4.79 Å². The molecule has 2 aromatic carbocycles. The molecule has 164 valence electrons. The van der Waals surface area contributed by atoms with Crippen molar-refractivity contribution in [2.24, 2.45) is 4.99 Å². The molecule has 0 fully saturated rings. The largest absolute Gasteiger partial charge is 0.462 e. The first-order valence-electron chi connectivity index (χ1n) is 10.8. The number of rotatable bonds is 4. The zero-order valence-corrected chi connectivity index (χ0v) is 18.7. The molecule has 0 radical (unpaired) electrons. The molecule has 6 nitrogen and oxygen atoms in total. The second-order valence-electron chi connectivity index (χ2n) is 8.79. The monoisotopic (exact) mass is 430 g/mol. The average Bonchev–Trinajstić information content (AvgIpc) is 3.23. The van der Waals surface area contributed by atoms with Crippen LogP contribution in [0.25, 0.3) is 11.0 Å². The van der Waals surface area contributed by atoms with Gasteiger partial charge >= 0.3 is 5.97 Å². The summed E-state index contributed by atoms with van der Waals surface area (Å²) in [6.45, 7) is 11.8. The number of para-hydroxylation sites is 1. The first kappa shape index (κ1) is 20.4. The maximum absolute atomic E-state index is 12.8. The highest BCUT2D eigenvalue weighted by molar-refractivity contribution is 5.99. The van der Waals surface area contributed by atoms with E-state index in [4.69, 9.17) is 18.9 Å². The summed E-state index contributed by atoms with van der Waals surface area (Å²) in [7, 11) is 0. The number of hydrogen-bond donors (Lipinski definition) is 0. The molecule has 3 heterocycles. The SMILES string of the molecule is C=CC1(C)c2ccccc2N(CC(=O)OC(C)C)C12C=Nc1c(ccc3oc(C)cc13)O2. The van der Waals surface area contributed by atoms with Gasteiger partial charge in [-0.15, -0.1) is 6.58 Å². The van der Waals surface area contributed by atoms with E-state index in [-0.39, 0.29) is 18.6 Å². The van der Waals surface area contributed by atoms with Crippen LogP contribution in [0.15, 0.2) is 64.5 Å². The molecule has 32 heavy (non-hydrogen) atoms. The van der Waals surface area contributed by atoms with Gasteiger partial charge in [-0.2, -0.15) is 0 Å². The van der Waals surface area contributed by atoms with Gasteiger partial charge in [-0.1, -0.05) is 24.3 Å². The molecule has 3 aromatic rings. The predicted molar refractivity (Wildman–Crippen MR) is 125 cm³/mol. The summed E-state index contributed by atoms with van der Waals surface area (Å²) < 4.78 is 18.0. The van der Waals surface area contributed by atoms with Gasteiger partial charge < -0.3 is 18.8 Å². The second kappa shape index (κ2) is 6.99. The minimum Gasteiger partial charge on any atom is -0.462 e. The molecule has 1 spiro atoms. The summed E-state index contributed by atoms with van der Waals surface area (Å²) in [6, 6.07) is 13.7. The molecule has 0 saturated carbocycles. The van der Waals surface area contributed by atoms with E-state index in [0.717, 1.165) is 33.7 Å². The highest BCUT2D eigenvalue weighted by Crippen LogP contribution is 2.55. The molecule has 5 rings (SSSR count). The van der Waals surface area contributed by atoms with Crippen LogP contribution in [0.1, 0.15) is 32.1 Å². The molecule has 0 amide bonds. The molecule has 2 atom stereocenters. The standard InChI is InChI=1S/C26H26N2O4/c1-6-25(5)19-9-7-8-10-20(19)28(14-23(29)30-16(2)3)26(25)15-27-24-18-13-17(4)31-21(18)11-12-22(24)32-26/h6-13,15-16H,1,14H2,2-5H3. The van der Waals surface area contributed by atoms with Gasteiger partial charge in [0.25, 0.3) is 0 Å². The van der Waals surface area contributed by atoms with Crippen LogP contribution in [-0.2, 0) is 14.9 Å². The summed E-state index contributed by atoms with van der Waals surface area (Å²) in [5, 5.41) is 0.896. The van der Waals surface area contributed by atoms with Gasteiger partial charge in [-0.05, 0) is 57.5 Å². The number of furan rings is 1. The summed E-state index contributed by atoms with van der Waals surface area (Å²) in [5.41, 5.74) is 1.65. The number of carbonyl (C=O) groups is 1. The fourth-order valence-electron chi connectivity index (χ4n) is 4.82. The third kappa shape index (κ3) is 2.72.